The summed E-state index contributed by atoms with van der Waals surface area (Å²) in [5, 5.41) is 1.94. The fourth-order valence-corrected chi connectivity index (χ4v) is 3.05. The zero-order valence-corrected chi connectivity index (χ0v) is 12.5. The molecule has 1 aromatic rings. The van der Waals surface area contributed by atoms with Crippen molar-refractivity contribution in [3.63, 3.8) is 0 Å². The van der Waals surface area contributed by atoms with Crippen LogP contribution in [0.5, 0.6) is 0 Å². The van der Waals surface area contributed by atoms with Crippen molar-refractivity contribution in [3.05, 3.63) is 20.8 Å². The number of nitrogens with two attached hydrogens (primary N) is 1. The number of hydrogen-bond donors (Lipinski definition) is 1. The van der Waals surface area contributed by atoms with Crippen molar-refractivity contribution in [2.75, 3.05) is 7.11 Å². The summed E-state index contributed by atoms with van der Waals surface area (Å²) in [6.45, 7) is 3.57. The van der Waals surface area contributed by atoms with Crippen molar-refractivity contribution in [3.8, 4) is 0 Å². The number of carbonyl (C=O) groups excluding carboxylic acids is 1. The molecule has 1 rings (SSSR count). The van der Waals surface area contributed by atoms with Crippen molar-refractivity contribution < 1.29 is 9.53 Å². The first-order valence-corrected chi connectivity index (χ1v) is 6.15. The topological polar surface area (TPSA) is 52.3 Å². The van der Waals surface area contributed by atoms with E-state index in [2.05, 4.69) is 15.9 Å². The summed E-state index contributed by atoms with van der Waals surface area (Å²) in [6.07, 6.45) is 0. The number of hydrogen-bond acceptors (Lipinski definition) is 4. The molecule has 3 nitrogen and oxygen atoms in total. The molecular formula is C10H15BrClNO2S. The Hall–Kier alpha value is -0.100. The number of rotatable bonds is 3. The van der Waals surface area contributed by atoms with E-state index >= 15 is 0 Å². The summed E-state index contributed by atoms with van der Waals surface area (Å²) in [6, 6.07) is 1.56. The van der Waals surface area contributed by atoms with Crippen LogP contribution in [0.15, 0.2) is 15.9 Å². The van der Waals surface area contributed by atoms with E-state index in [0.717, 1.165) is 9.35 Å². The molecule has 0 fully saturated rings. The highest BCUT2D eigenvalue weighted by atomic mass is 79.9. The third-order valence-corrected chi connectivity index (χ3v) is 4.37. The number of esters is 1. The normalized spacial score (nSPS) is 12.8. The molecule has 0 radical (unpaired) electrons. The van der Waals surface area contributed by atoms with E-state index in [1.807, 2.05) is 11.4 Å². The molecule has 0 saturated carbocycles. The van der Waals surface area contributed by atoms with Crippen LogP contribution in [0.2, 0.25) is 0 Å². The third kappa shape index (κ3) is 2.97. The monoisotopic (exact) mass is 327 g/mol. The van der Waals surface area contributed by atoms with Gasteiger partial charge in [-0.05, 0) is 41.2 Å². The Labute approximate surface area is 114 Å². The van der Waals surface area contributed by atoms with Gasteiger partial charge in [-0.2, -0.15) is 0 Å². The van der Waals surface area contributed by atoms with Crippen LogP contribution in [0.3, 0.4) is 0 Å². The second kappa shape index (κ2) is 6.00. The Bertz CT molecular complexity index is 367. The summed E-state index contributed by atoms with van der Waals surface area (Å²) in [5.41, 5.74) is 5.35. The Kier molecular flexibility index (Phi) is 5.96. The largest absolute Gasteiger partial charge is 0.469 e. The van der Waals surface area contributed by atoms with Gasteiger partial charge in [0.25, 0.3) is 0 Å². The van der Waals surface area contributed by atoms with E-state index < -0.39 is 5.41 Å². The highest BCUT2D eigenvalue weighted by molar-refractivity contribution is 9.10. The maximum absolute atomic E-state index is 11.6. The predicted molar refractivity (Wildman–Crippen MR) is 72.0 cm³/mol. The van der Waals surface area contributed by atoms with Crippen LogP contribution < -0.4 is 5.73 Å². The highest BCUT2D eigenvalue weighted by Gasteiger charge is 2.37. The number of ether oxygens (including phenoxy) is 1. The summed E-state index contributed by atoms with van der Waals surface area (Å²) < 4.78 is 5.69. The molecule has 6 heteroatoms. The van der Waals surface area contributed by atoms with Gasteiger partial charge in [0.15, 0.2) is 0 Å². The molecule has 2 N–H and O–H groups in total. The first-order chi connectivity index (χ1) is 6.91. The van der Waals surface area contributed by atoms with Gasteiger partial charge in [-0.15, -0.1) is 23.7 Å². The van der Waals surface area contributed by atoms with Crippen molar-refractivity contribution in [1.82, 2.24) is 0 Å². The molecule has 1 heterocycles. The second-order valence-corrected chi connectivity index (χ2v) is 5.63. The molecular weight excluding hydrogens is 314 g/mol. The van der Waals surface area contributed by atoms with Crippen LogP contribution in [0, 0.1) is 5.41 Å². The molecule has 92 valence electrons. The van der Waals surface area contributed by atoms with Crippen LogP contribution >= 0.6 is 39.7 Å². The molecule has 0 spiro atoms. The van der Waals surface area contributed by atoms with Crippen LogP contribution in [-0.2, 0) is 9.53 Å². The fourth-order valence-electron chi connectivity index (χ4n) is 1.25. The van der Waals surface area contributed by atoms with Gasteiger partial charge in [0.2, 0.25) is 0 Å². The number of methoxy groups -OCH3 is 1. The highest BCUT2D eigenvalue weighted by Crippen LogP contribution is 2.38. The van der Waals surface area contributed by atoms with Gasteiger partial charge in [-0.25, -0.2) is 0 Å². The smallest absolute Gasteiger partial charge is 0.313 e. The van der Waals surface area contributed by atoms with Crippen molar-refractivity contribution in [2.24, 2.45) is 11.1 Å². The molecule has 1 atom stereocenters. The molecule has 0 amide bonds. The Balaban J connectivity index is 0.00000225. The van der Waals surface area contributed by atoms with E-state index in [0.29, 0.717) is 0 Å². The lowest BCUT2D eigenvalue weighted by molar-refractivity contribution is -0.152. The van der Waals surface area contributed by atoms with E-state index in [4.69, 9.17) is 10.5 Å². The lowest BCUT2D eigenvalue weighted by Crippen LogP contribution is -2.37. The molecule has 0 aliphatic rings. The molecule has 0 aliphatic heterocycles. The standard InChI is InChI=1S/C10H14BrNO2S.ClH/c1-10(2,9(13)14-3)8(12)7-6(11)4-5-15-7;/h4-5,8H,12H2,1-3H3;1H/t8-;/m1./s1. The molecule has 0 aliphatic carbocycles. The van der Waals surface area contributed by atoms with Gasteiger partial charge in [-0.3, -0.25) is 4.79 Å². The zero-order chi connectivity index (χ0) is 11.6. The maximum atomic E-state index is 11.6. The Morgan fingerprint density at radius 2 is 2.19 bits per heavy atom. The summed E-state index contributed by atoms with van der Waals surface area (Å²) >= 11 is 4.94. The van der Waals surface area contributed by atoms with Crippen molar-refractivity contribution in [2.45, 2.75) is 19.9 Å². The lowest BCUT2D eigenvalue weighted by atomic mass is 9.84. The first kappa shape index (κ1) is 15.9. The van der Waals surface area contributed by atoms with Crippen molar-refractivity contribution >= 4 is 45.6 Å². The van der Waals surface area contributed by atoms with Gasteiger partial charge in [0.05, 0.1) is 18.6 Å². The lowest BCUT2D eigenvalue weighted by Gasteiger charge is -2.28. The van der Waals surface area contributed by atoms with Crippen LogP contribution in [-0.4, -0.2) is 13.1 Å². The molecule has 0 unspecified atom stereocenters. The predicted octanol–water partition coefficient (Wildman–Crippen LogP) is 3.13. The summed E-state index contributed by atoms with van der Waals surface area (Å²) in [4.78, 5) is 12.5. The molecule has 0 saturated heterocycles. The molecule has 16 heavy (non-hydrogen) atoms. The number of thiophene rings is 1. The average molecular weight is 329 g/mol. The summed E-state index contributed by atoms with van der Waals surface area (Å²) in [5.74, 6) is -0.296. The van der Waals surface area contributed by atoms with E-state index in [-0.39, 0.29) is 24.4 Å². The third-order valence-electron chi connectivity index (χ3n) is 2.42. The van der Waals surface area contributed by atoms with Crippen LogP contribution in [0.4, 0.5) is 0 Å². The number of halogens is 2. The summed E-state index contributed by atoms with van der Waals surface area (Å²) in [7, 11) is 1.38. The Morgan fingerprint density at radius 1 is 1.62 bits per heavy atom. The second-order valence-electron chi connectivity index (χ2n) is 3.82. The van der Waals surface area contributed by atoms with Crippen molar-refractivity contribution in [1.29, 1.82) is 0 Å². The molecule has 1 aromatic heterocycles. The Morgan fingerprint density at radius 3 is 2.56 bits per heavy atom. The minimum atomic E-state index is -0.720. The quantitative estimate of drug-likeness (QED) is 0.867. The van der Waals surface area contributed by atoms with Gasteiger partial charge in [-0.1, -0.05) is 0 Å². The van der Waals surface area contributed by atoms with E-state index in [1.54, 1.807) is 13.8 Å². The zero-order valence-electron chi connectivity index (χ0n) is 9.32. The molecule has 0 bridgehead atoms. The van der Waals surface area contributed by atoms with E-state index in [1.165, 1.54) is 18.4 Å². The van der Waals surface area contributed by atoms with Gasteiger partial charge in [0, 0.05) is 9.35 Å². The fraction of sp³-hybridized carbons (Fsp3) is 0.500. The minimum Gasteiger partial charge on any atom is -0.469 e. The average Bonchev–Trinajstić information content (AvgIpc) is 2.61. The van der Waals surface area contributed by atoms with Crippen LogP contribution in [0.25, 0.3) is 0 Å². The van der Waals surface area contributed by atoms with E-state index in [9.17, 15) is 4.79 Å². The van der Waals surface area contributed by atoms with Gasteiger partial charge in [0.1, 0.15) is 0 Å². The SMILES string of the molecule is COC(=O)C(C)(C)[C@H](N)c1sccc1Br.Cl. The number of carbonyl (C=O) groups is 1. The van der Waals surface area contributed by atoms with Crippen LogP contribution in [0.1, 0.15) is 24.8 Å². The first-order valence-electron chi connectivity index (χ1n) is 4.48. The maximum Gasteiger partial charge on any atom is 0.313 e. The van der Waals surface area contributed by atoms with Gasteiger partial charge < -0.3 is 10.5 Å². The molecule has 0 aromatic carbocycles. The minimum absolute atomic E-state index is 0. The van der Waals surface area contributed by atoms with Gasteiger partial charge >= 0.3 is 5.97 Å².